The van der Waals surface area contributed by atoms with Crippen molar-refractivity contribution in [3.05, 3.63) is 11.0 Å². The lowest BCUT2D eigenvalue weighted by atomic mass is 9.98. The lowest BCUT2D eigenvalue weighted by molar-refractivity contribution is 0.571. The third-order valence-electron chi connectivity index (χ3n) is 1.27. The maximum Gasteiger partial charge on any atom is 0.0534 e. The zero-order chi connectivity index (χ0) is 8.32. The maximum atomic E-state index is 3.22. The Morgan fingerprint density at radius 2 is 2.18 bits per heavy atom. The van der Waals surface area contributed by atoms with Gasteiger partial charge in [-0.25, -0.2) is 0 Å². The van der Waals surface area contributed by atoms with Gasteiger partial charge in [0.25, 0.3) is 0 Å². The summed E-state index contributed by atoms with van der Waals surface area (Å²) in [6.07, 6.45) is 3.42. The van der Waals surface area contributed by atoms with E-state index in [2.05, 4.69) is 38.7 Å². The Balaban J connectivity index is 2.56. The van der Waals surface area contributed by atoms with Gasteiger partial charge in [-0.1, -0.05) is 17.9 Å². The molecule has 1 heterocycles. The molecule has 1 aliphatic heterocycles. The summed E-state index contributed by atoms with van der Waals surface area (Å²) >= 11 is 1.87. The fourth-order valence-corrected chi connectivity index (χ4v) is 1.57. The topological polar surface area (TPSA) is 0 Å². The second-order valence-corrected chi connectivity index (χ2v) is 4.84. The molecule has 11 heavy (non-hydrogen) atoms. The van der Waals surface area contributed by atoms with E-state index in [0.29, 0.717) is 0 Å². The molecule has 1 aliphatic rings. The van der Waals surface area contributed by atoms with Crippen LogP contribution in [0.15, 0.2) is 11.0 Å². The largest absolute Gasteiger partial charge is 0.117 e. The fraction of sp³-hybridized carbons (Fsp3) is 0.600. The third-order valence-corrected chi connectivity index (χ3v) is 2.29. The van der Waals surface area contributed by atoms with Crippen LogP contribution in [0.1, 0.15) is 27.2 Å². The van der Waals surface area contributed by atoms with Crippen LogP contribution in [-0.4, -0.2) is 5.75 Å². The smallest absolute Gasteiger partial charge is 0.0534 e. The highest BCUT2D eigenvalue weighted by atomic mass is 32.2. The SMILES string of the molecule is CC(C)(C)C#CC1=CCCS1. The molecule has 1 rings (SSSR count). The molecule has 0 amide bonds. The molecule has 0 saturated carbocycles. The fourth-order valence-electron chi connectivity index (χ4n) is 0.754. The molecule has 0 atom stereocenters. The van der Waals surface area contributed by atoms with Gasteiger partial charge in [0.2, 0.25) is 0 Å². The second-order valence-electron chi connectivity index (χ2n) is 3.71. The Hall–Kier alpha value is -0.350. The summed E-state index contributed by atoms with van der Waals surface area (Å²) in [4.78, 5) is 1.26. The van der Waals surface area contributed by atoms with Crippen LogP contribution < -0.4 is 0 Å². The predicted molar refractivity (Wildman–Crippen MR) is 52.4 cm³/mol. The number of hydrogen-bond donors (Lipinski definition) is 0. The van der Waals surface area contributed by atoms with E-state index in [1.54, 1.807) is 0 Å². The number of hydrogen-bond acceptors (Lipinski definition) is 1. The molecule has 60 valence electrons. The summed E-state index contributed by atoms with van der Waals surface area (Å²) in [5, 5.41) is 0. The number of thioether (sulfide) groups is 1. The molecule has 0 spiro atoms. The highest BCUT2D eigenvalue weighted by Gasteiger charge is 2.05. The monoisotopic (exact) mass is 166 g/mol. The molecule has 0 aliphatic carbocycles. The zero-order valence-electron chi connectivity index (χ0n) is 7.40. The molecule has 0 nitrogen and oxygen atoms in total. The van der Waals surface area contributed by atoms with Crippen molar-refractivity contribution >= 4 is 11.8 Å². The van der Waals surface area contributed by atoms with Crippen LogP contribution in [0.25, 0.3) is 0 Å². The molecular weight excluding hydrogens is 152 g/mol. The van der Waals surface area contributed by atoms with Crippen molar-refractivity contribution in [2.45, 2.75) is 27.2 Å². The first kappa shape index (κ1) is 8.74. The average molecular weight is 166 g/mol. The van der Waals surface area contributed by atoms with Crippen LogP contribution in [-0.2, 0) is 0 Å². The normalized spacial score (nSPS) is 17.2. The van der Waals surface area contributed by atoms with Crippen molar-refractivity contribution in [1.29, 1.82) is 0 Å². The van der Waals surface area contributed by atoms with Gasteiger partial charge < -0.3 is 0 Å². The molecular formula is C10H14S. The third kappa shape index (κ3) is 3.53. The van der Waals surface area contributed by atoms with Crippen LogP contribution in [0.2, 0.25) is 0 Å². The van der Waals surface area contributed by atoms with Crippen molar-refractivity contribution < 1.29 is 0 Å². The summed E-state index contributed by atoms with van der Waals surface area (Å²) in [6, 6.07) is 0. The van der Waals surface area contributed by atoms with Gasteiger partial charge in [-0.3, -0.25) is 0 Å². The van der Waals surface area contributed by atoms with E-state index < -0.39 is 0 Å². The molecule has 0 unspecified atom stereocenters. The van der Waals surface area contributed by atoms with E-state index in [-0.39, 0.29) is 5.41 Å². The van der Waals surface area contributed by atoms with Crippen LogP contribution in [0.5, 0.6) is 0 Å². The van der Waals surface area contributed by atoms with Gasteiger partial charge in [-0.05, 0) is 27.2 Å². The first-order valence-corrected chi connectivity index (χ1v) is 4.93. The average Bonchev–Trinajstić information content (AvgIpc) is 2.32. The van der Waals surface area contributed by atoms with Crippen molar-refractivity contribution in [3.8, 4) is 11.8 Å². The summed E-state index contributed by atoms with van der Waals surface area (Å²) in [5.41, 5.74) is 0.143. The lowest BCUT2D eigenvalue weighted by Gasteiger charge is -2.06. The van der Waals surface area contributed by atoms with Crippen molar-refractivity contribution in [3.63, 3.8) is 0 Å². The molecule has 0 radical (unpaired) electrons. The van der Waals surface area contributed by atoms with Crippen LogP contribution in [0.3, 0.4) is 0 Å². The molecule has 0 aromatic heterocycles. The van der Waals surface area contributed by atoms with E-state index in [1.165, 1.54) is 17.1 Å². The molecule has 0 N–H and O–H groups in total. The van der Waals surface area contributed by atoms with E-state index >= 15 is 0 Å². The van der Waals surface area contributed by atoms with E-state index in [9.17, 15) is 0 Å². The minimum atomic E-state index is 0.143. The Morgan fingerprint density at radius 1 is 1.45 bits per heavy atom. The Morgan fingerprint density at radius 3 is 2.64 bits per heavy atom. The van der Waals surface area contributed by atoms with Crippen molar-refractivity contribution in [2.24, 2.45) is 5.41 Å². The standard InChI is InChI=1S/C10H14S/c1-10(2,3)7-6-9-5-4-8-11-9/h5H,4,8H2,1-3H3. The number of allylic oxidation sites excluding steroid dienone is 2. The van der Waals surface area contributed by atoms with Gasteiger partial charge in [-0.15, -0.1) is 11.8 Å². The van der Waals surface area contributed by atoms with E-state index in [0.717, 1.165) is 0 Å². The van der Waals surface area contributed by atoms with E-state index in [4.69, 9.17) is 0 Å². The quantitative estimate of drug-likeness (QED) is 0.498. The summed E-state index contributed by atoms with van der Waals surface area (Å²) in [7, 11) is 0. The molecule has 0 aromatic rings. The van der Waals surface area contributed by atoms with Gasteiger partial charge in [0.15, 0.2) is 0 Å². The Kier molecular flexibility index (Phi) is 2.67. The maximum absolute atomic E-state index is 3.22. The first-order valence-electron chi connectivity index (χ1n) is 3.94. The second kappa shape index (κ2) is 3.36. The molecule has 1 heteroatoms. The minimum Gasteiger partial charge on any atom is -0.117 e. The lowest BCUT2D eigenvalue weighted by Crippen LogP contribution is -1.99. The Labute approximate surface area is 73.5 Å². The van der Waals surface area contributed by atoms with Crippen molar-refractivity contribution in [2.75, 3.05) is 5.75 Å². The van der Waals surface area contributed by atoms with Gasteiger partial charge >= 0.3 is 0 Å². The molecule has 0 saturated heterocycles. The summed E-state index contributed by atoms with van der Waals surface area (Å²) in [6.45, 7) is 6.42. The number of rotatable bonds is 0. The summed E-state index contributed by atoms with van der Waals surface area (Å²) < 4.78 is 0. The highest BCUT2D eigenvalue weighted by molar-refractivity contribution is 8.03. The predicted octanol–water partition coefficient (Wildman–Crippen LogP) is 3.06. The van der Waals surface area contributed by atoms with Crippen LogP contribution in [0.4, 0.5) is 0 Å². The van der Waals surface area contributed by atoms with Gasteiger partial charge in [0.05, 0.1) is 4.91 Å². The highest BCUT2D eigenvalue weighted by Crippen LogP contribution is 2.24. The van der Waals surface area contributed by atoms with Crippen LogP contribution >= 0.6 is 11.8 Å². The minimum absolute atomic E-state index is 0.143. The Bertz CT molecular complexity index is 219. The van der Waals surface area contributed by atoms with Gasteiger partial charge in [-0.2, -0.15) is 0 Å². The molecule has 0 fully saturated rings. The van der Waals surface area contributed by atoms with E-state index in [1.807, 2.05) is 11.8 Å². The van der Waals surface area contributed by atoms with Crippen molar-refractivity contribution in [1.82, 2.24) is 0 Å². The molecule has 0 aromatic carbocycles. The van der Waals surface area contributed by atoms with Gasteiger partial charge in [0, 0.05) is 11.2 Å². The molecule has 0 bridgehead atoms. The van der Waals surface area contributed by atoms with Crippen LogP contribution in [0, 0.1) is 17.3 Å². The van der Waals surface area contributed by atoms with Gasteiger partial charge in [0.1, 0.15) is 0 Å². The first-order chi connectivity index (χ1) is 5.08. The zero-order valence-corrected chi connectivity index (χ0v) is 8.22. The summed E-state index contributed by atoms with van der Waals surface area (Å²) in [5.74, 6) is 7.64.